The molecule has 0 radical (unpaired) electrons. The first-order valence-electron chi connectivity index (χ1n) is 11.3. The standard InChI is InChI=1S/C24H24F4N4OS/c25-18-6-7-20-21(14-18)34-23(29-20)32-8-2-3-16(15-32)22(33)31-11-9-30(10-12-31)19-5-1-4-17(13-19)24(26,27)28/h1,4-7,13-14,16H,2-3,8-12,15H2. The molecule has 2 aliphatic heterocycles. The van der Waals surface area contributed by atoms with E-state index in [0.29, 0.717) is 38.4 Å². The maximum absolute atomic E-state index is 13.5. The molecule has 2 saturated heterocycles. The lowest BCUT2D eigenvalue weighted by molar-refractivity contribution is -0.137. The number of rotatable bonds is 3. The van der Waals surface area contributed by atoms with Crippen LogP contribution in [0.25, 0.3) is 10.2 Å². The summed E-state index contributed by atoms with van der Waals surface area (Å²) in [6.45, 7) is 3.31. The number of carbonyl (C=O) groups excluding carboxylic acids is 1. The average molecular weight is 493 g/mol. The Morgan fingerprint density at radius 3 is 2.56 bits per heavy atom. The number of halogens is 4. The third-order valence-electron chi connectivity index (χ3n) is 6.51. The number of hydrogen-bond donors (Lipinski definition) is 0. The van der Waals surface area contributed by atoms with Crippen molar-refractivity contribution in [1.29, 1.82) is 0 Å². The Morgan fingerprint density at radius 1 is 1.00 bits per heavy atom. The number of piperazine rings is 1. The molecule has 3 heterocycles. The number of nitrogens with zero attached hydrogens (tertiary/aromatic N) is 4. The number of aromatic nitrogens is 1. The number of benzene rings is 2. The Balaban J connectivity index is 1.21. The number of carbonyl (C=O) groups is 1. The van der Waals surface area contributed by atoms with E-state index in [4.69, 9.17) is 0 Å². The van der Waals surface area contributed by atoms with E-state index in [2.05, 4.69) is 9.88 Å². The summed E-state index contributed by atoms with van der Waals surface area (Å²) in [4.78, 5) is 23.7. The van der Waals surface area contributed by atoms with Crippen molar-refractivity contribution in [2.75, 3.05) is 49.1 Å². The van der Waals surface area contributed by atoms with E-state index in [1.54, 1.807) is 12.1 Å². The van der Waals surface area contributed by atoms with E-state index in [1.807, 2.05) is 9.80 Å². The zero-order valence-electron chi connectivity index (χ0n) is 18.4. The molecule has 2 aliphatic rings. The molecule has 5 rings (SSSR count). The smallest absolute Gasteiger partial charge is 0.368 e. The van der Waals surface area contributed by atoms with Crippen molar-refractivity contribution in [3.8, 4) is 0 Å². The van der Waals surface area contributed by atoms with Crippen LogP contribution >= 0.6 is 11.3 Å². The lowest BCUT2D eigenvalue weighted by atomic mass is 9.96. The van der Waals surface area contributed by atoms with Crippen molar-refractivity contribution in [2.45, 2.75) is 19.0 Å². The highest BCUT2D eigenvalue weighted by Crippen LogP contribution is 2.34. The predicted octanol–water partition coefficient (Wildman–Crippen LogP) is 5.02. The van der Waals surface area contributed by atoms with E-state index in [9.17, 15) is 22.4 Å². The fraction of sp³-hybridized carbons (Fsp3) is 0.417. The first kappa shape index (κ1) is 22.9. The number of thiazole rings is 1. The number of amides is 1. The molecule has 1 unspecified atom stereocenters. The molecule has 0 bridgehead atoms. The fourth-order valence-electron chi connectivity index (χ4n) is 4.70. The monoisotopic (exact) mass is 492 g/mol. The van der Waals surface area contributed by atoms with E-state index in [-0.39, 0.29) is 17.6 Å². The molecule has 0 saturated carbocycles. The van der Waals surface area contributed by atoms with Crippen LogP contribution < -0.4 is 9.80 Å². The van der Waals surface area contributed by atoms with Crippen molar-refractivity contribution in [1.82, 2.24) is 9.88 Å². The third-order valence-corrected chi connectivity index (χ3v) is 7.59. The number of hydrogen-bond acceptors (Lipinski definition) is 5. The number of anilines is 2. The van der Waals surface area contributed by atoms with Gasteiger partial charge in [0.25, 0.3) is 0 Å². The van der Waals surface area contributed by atoms with Crippen LogP contribution in [0.2, 0.25) is 0 Å². The molecule has 180 valence electrons. The molecule has 3 aromatic rings. The topological polar surface area (TPSA) is 39.7 Å². The minimum atomic E-state index is -4.38. The third kappa shape index (κ3) is 4.68. The number of fused-ring (bicyclic) bond motifs is 1. The largest absolute Gasteiger partial charge is 0.416 e. The van der Waals surface area contributed by atoms with E-state index in [0.717, 1.165) is 40.8 Å². The normalized spacial score (nSPS) is 19.6. The van der Waals surface area contributed by atoms with Crippen LogP contribution in [-0.2, 0) is 11.0 Å². The summed E-state index contributed by atoms with van der Waals surface area (Å²) < 4.78 is 53.5. The van der Waals surface area contributed by atoms with Crippen LogP contribution in [0.5, 0.6) is 0 Å². The molecule has 5 nitrogen and oxygen atoms in total. The molecule has 10 heteroatoms. The van der Waals surface area contributed by atoms with Gasteiger partial charge in [-0.05, 0) is 49.2 Å². The van der Waals surface area contributed by atoms with Crippen LogP contribution in [0.1, 0.15) is 18.4 Å². The summed E-state index contributed by atoms with van der Waals surface area (Å²) in [5, 5.41) is 0.799. The second-order valence-electron chi connectivity index (χ2n) is 8.75. The Labute approximate surface area is 198 Å². The van der Waals surface area contributed by atoms with Gasteiger partial charge in [0.15, 0.2) is 5.13 Å². The van der Waals surface area contributed by atoms with Crippen molar-refractivity contribution >= 4 is 38.3 Å². The quantitative estimate of drug-likeness (QED) is 0.482. The molecular weight excluding hydrogens is 468 g/mol. The maximum atomic E-state index is 13.5. The van der Waals surface area contributed by atoms with E-state index >= 15 is 0 Å². The van der Waals surface area contributed by atoms with Crippen LogP contribution in [0, 0.1) is 11.7 Å². The van der Waals surface area contributed by atoms with Crippen LogP contribution in [0.4, 0.5) is 28.4 Å². The van der Waals surface area contributed by atoms with Gasteiger partial charge >= 0.3 is 6.18 Å². The fourth-order valence-corrected chi connectivity index (χ4v) is 5.72. The average Bonchev–Trinajstić information content (AvgIpc) is 3.27. The Kier molecular flexibility index (Phi) is 6.09. The first-order valence-corrected chi connectivity index (χ1v) is 12.1. The van der Waals surface area contributed by atoms with Gasteiger partial charge in [0.2, 0.25) is 5.91 Å². The van der Waals surface area contributed by atoms with E-state index in [1.165, 1.54) is 35.6 Å². The van der Waals surface area contributed by atoms with Crippen LogP contribution in [0.3, 0.4) is 0 Å². The molecule has 0 aliphatic carbocycles. The van der Waals surface area contributed by atoms with Gasteiger partial charge in [-0.1, -0.05) is 17.4 Å². The van der Waals surface area contributed by atoms with Crippen LogP contribution in [0.15, 0.2) is 42.5 Å². The van der Waals surface area contributed by atoms with Crippen molar-refractivity contribution < 1.29 is 22.4 Å². The summed E-state index contributed by atoms with van der Waals surface area (Å²) >= 11 is 1.43. The SMILES string of the molecule is O=C(C1CCCN(c2nc3ccc(F)cc3s2)C1)N1CCN(c2cccc(C(F)(F)F)c2)CC1. The van der Waals surface area contributed by atoms with Crippen LogP contribution in [-0.4, -0.2) is 55.1 Å². The summed E-state index contributed by atoms with van der Waals surface area (Å²) in [6.07, 6.45) is -2.72. The number of piperidine rings is 1. The lowest BCUT2D eigenvalue weighted by Crippen LogP contribution is -2.52. The lowest BCUT2D eigenvalue weighted by Gasteiger charge is -2.39. The van der Waals surface area contributed by atoms with Gasteiger partial charge in [-0.15, -0.1) is 0 Å². The highest BCUT2D eigenvalue weighted by molar-refractivity contribution is 7.22. The highest BCUT2D eigenvalue weighted by atomic mass is 32.1. The zero-order valence-corrected chi connectivity index (χ0v) is 19.2. The molecule has 1 amide bonds. The summed E-state index contributed by atoms with van der Waals surface area (Å²) in [6, 6.07) is 9.88. The molecule has 1 atom stereocenters. The molecule has 34 heavy (non-hydrogen) atoms. The van der Waals surface area contributed by atoms with Gasteiger partial charge in [-0.25, -0.2) is 9.37 Å². The molecule has 0 spiro atoms. The molecule has 0 N–H and O–H groups in total. The van der Waals surface area contributed by atoms with Gasteiger partial charge in [0, 0.05) is 45.0 Å². The van der Waals surface area contributed by atoms with Crippen molar-refractivity contribution in [3.05, 3.63) is 53.8 Å². The predicted molar refractivity (Wildman–Crippen MR) is 125 cm³/mol. The van der Waals surface area contributed by atoms with E-state index < -0.39 is 11.7 Å². The zero-order chi connectivity index (χ0) is 23.9. The Hall–Kier alpha value is -2.88. The van der Waals surface area contributed by atoms with Crippen molar-refractivity contribution in [3.63, 3.8) is 0 Å². The first-order chi connectivity index (χ1) is 16.3. The van der Waals surface area contributed by atoms with Gasteiger partial charge in [0.05, 0.1) is 21.7 Å². The molecule has 1 aromatic heterocycles. The second-order valence-corrected chi connectivity index (χ2v) is 9.76. The summed E-state index contributed by atoms with van der Waals surface area (Å²) in [7, 11) is 0. The van der Waals surface area contributed by atoms with Gasteiger partial charge in [0.1, 0.15) is 5.82 Å². The van der Waals surface area contributed by atoms with Gasteiger partial charge in [-0.2, -0.15) is 13.2 Å². The minimum Gasteiger partial charge on any atom is -0.368 e. The highest BCUT2D eigenvalue weighted by Gasteiger charge is 2.33. The Morgan fingerprint density at radius 2 is 1.79 bits per heavy atom. The minimum absolute atomic E-state index is 0.0838. The maximum Gasteiger partial charge on any atom is 0.416 e. The van der Waals surface area contributed by atoms with Gasteiger partial charge < -0.3 is 14.7 Å². The summed E-state index contributed by atoms with van der Waals surface area (Å²) in [5.74, 6) is -0.364. The van der Waals surface area contributed by atoms with Gasteiger partial charge in [-0.3, -0.25) is 4.79 Å². The molecule has 2 fully saturated rings. The molecular formula is C24H24F4N4OS. The molecule has 2 aromatic carbocycles. The summed E-state index contributed by atoms with van der Waals surface area (Å²) in [5.41, 5.74) is 0.613. The Bertz CT molecular complexity index is 1190. The van der Waals surface area contributed by atoms with Crippen molar-refractivity contribution in [2.24, 2.45) is 5.92 Å². The number of alkyl halides is 3. The second kappa shape index (κ2) is 9.05.